The van der Waals surface area contributed by atoms with Crippen LogP contribution in [0.4, 0.5) is 11.6 Å². The largest absolute Gasteiger partial charge is 0.454 e. The molecule has 37 heavy (non-hydrogen) atoms. The van der Waals surface area contributed by atoms with Crippen molar-refractivity contribution in [1.82, 2.24) is 9.97 Å². The molecule has 9 nitrogen and oxygen atoms in total. The van der Waals surface area contributed by atoms with Crippen LogP contribution >= 0.6 is 0 Å². The predicted octanol–water partition coefficient (Wildman–Crippen LogP) is 2.97. The minimum absolute atomic E-state index is 0.124. The lowest BCUT2D eigenvalue weighted by Gasteiger charge is -2.35. The normalized spacial score (nSPS) is 15.8. The number of nitrogens with one attached hydrogen (secondary N) is 1. The second-order valence-corrected chi connectivity index (χ2v) is 10.9. The highest BCUT2D eigenvalue weighted by Gasteiger charge is 2.24. The molecule has 0 bridgehead atoms. The summed E-state index contributed by atoms with van der Waals surface area (Å²) in [5.41, 5.74) is 3.49. The number of ether oxygens (including phenoxy) is 2. The molecule has 190 valence electrons. The number of sulfonamides is 1. The van der Waals surface area contributed by atoms with Gasteiger partial charge in [-0.15, -0.1) is 0 Å². The molecule has 1 fully saturated rings. The molecule has 1 N–H and O–H groups in total. The summed E-state index contributed by atoms with van der Waals surface area (Å²) in [5, 5.41) is 0. The summed E-state index contributed by atoms with van der Waals surface area (Å²) in [6.07, 6.45) is 0. The van der Waals surface area contributed by atoms with E-state index >= 15 is 0 Å². The van der Waals surface area contributed by atoms with Crippen LogP contribution in [0.3, 0.4) is 0 Å². The van der Waals surface area contributed by atoms with Crippen molar-refractivity contribution < 1.29 is 22.8 Å². The van der Waals surface area contributed by atoms with E-state index in [0.717, 1.165) is 36.7 Å². The summed E-state index contributed by atoms with van der Waals surface area (Å²) in [6, 6.07) is 20.2. The highest BCUT2D eigenvalue weighted by atomic mass is 32.2. The van der Waals surface area contributed by atoms with Gasteiger partial charge in [-0.2, -0.15) is 0 Å². The number of piperazine rings is 1. The quantitative estimate of drug-likeness (QED) is 0.420. The lowest BCUT2D eigenvalue weighted by molar-refractivity contribution is -0.914. The molecular weight excluding hydrogens is 490 g/mol. The van der Waals surface area contributed by atoms with Gasteiger partial charge in [-0.1, -0.05) is 35.9 Å². The number of hydrogen-bond donors (Lipinski definition) is 1. The number of anilines is 1. The van der Waals surface area contributed by atoms with Crippen LogP contribution in [0.2, 0.25) is 0 Å². The summed E-state index contributed by atoms with van der Waals surface area (Å²) in [7, 11) is -3.95. The zero-order valence-corrected chi connectivity index (χ0v) is 21.2. The molecule has 0 aliphatic carbocycles. The van der Waals surface area contributed by atoms with Crippen molar-refractivity contribution in [1.29, 1.82) is 0 Å². The Morgan fingerprint density at radius 2 is 1.62 bits per heavy atom. The highest BCUT2D eigenvalue weighted by molar-refractivity contribution is 7.94. The van der Waals surface area contributed by atoms with Gasteiger partial charge >= 0.3 is 0 Å². The van der Waals surface area contributed by atoms with Crippen LogP contribution < -0.4 is 19.3 Å². The van der Waals surface area contributed by atoms with Gasteiger partial charge in [0.15, 0.2) is 11.5 Å². The van der Waals surface area contributed by atoms with Crippen molar-refractivity contribution in [2.24, 2.45) is 0 Å². The van der Waals surface area contributed by atoms with Crippen molar-refractivity contribution in [3.63, 3.8) is 0 Å². The van der Waals surface area contributed by atoms with E-state index in [1.54, 1.807) is 24.3 Å². The third-order valence-corrected chi connectivity index (χ3v) is 8.00. The van der Waals surface area contributed by atoms with E-state index in [-0.39, 0.29) is 17.5 Å². The number of nitrogens with zero attached hydrogens (tertiary/aromatic N) is 4. The molecule has 6 rings (SSSR count). The third kappa shape index (κ3) is 4.90. The number of rotatable bonds is 6. The van der Waals surface area contributed by atoms with Gasteiger partial charge in [-0.05, 0) is 54.7 Å². The summed E-state index contributed by atoms with van der Waals surface area (Å²) < 4.78 is 41.4. The zero-order valence-electron chi connectivity index (χ0n) is 20.4. The van der Waals surface area contributed by atoms with E-state index in [9.17, 15) is 8.42 Å². The molecule has 0 unspecified atom stereocenters. The fourth-order valence-corrected chi connectivity index (χ4v) is 5.62. The van der Waals surface area contributed by atoms with Gasteiger partial charge in [-0.3, -0.25) is 0 Å². The Bertz CT molecular complexity index is 1550. The van der Waals surface area contributed by atoms with Crippen LogP contribution in [0.15, 0.2) is 71.6 Å². The first-order chi connectivity index (χ1) is 17.9. The van der Waals surface area contributed by atoms with Crippen molar-refractivity contribution in [3.8, 4) is 11.5 Å². The summed E-state index contributed by atoms with van der Waals surface area (Å²) in [4.78, 5) is 13.1. The average molecular weight is 518 g/mol. The second kappa shape index (κ2) is 9.53. The molecule has 0 amide bonds. The van der Waals surface area contributed by atoms with Crippen molar-refractivity contribution in [3.05, 3.63) is 82.6 Å². The molecule has 3 heterocycles. The van der Waals surface area contributed by atoms with E-state index in [1.165, 1.54) is 10.5 Å². The Balaban J connectivity index is 1.23. The third-order valence-electron chi connectivity index (χ3n) is 6.72. The molecule has 1 aromatic heterocycles. The molecule has 2 aliphatic heterocycles. The van der Waals surface area contributed by atoms with Gasteiger partial charge in [0, 0.05) is 5.56 Å². The number of aromatic nitrogens is 2. The molecular formula is C27H27N5O4S. The van der Waals surface area contributed by atoms with Gasteiger partial charge in [0.25, 0.3) is 0 Å². The molecule has 0 spiro atoms. The lowest BCUT2D eigenvalue weighted by Crippen LogP contribution is -3.13. The smallest absolute Gasteiger partial charge is 0.231 e. The minimum Gasteiger partial charge on any atom is -0.454 e. The number of hydrogen-bond acceptors (Lipinski definition) is 7. The molecule has 2 aliphatic rings. The van der Waals surface area contributed by atoms with Gasteiger partial charge in [-0.25, -0.2) is 13.4 Å². The van der Waals surface area contributed by atoms with Crippen LogP contribution in [0, 0.1) is 6.92 Å². The highest BCUT2D eigenvalue weighted by Crippen LogP contribution is 2.35. The van der Waals surface area contributed by atoms with Crippen molar-refractivity contribution in [2.45, 2.75) is 18.4 Å². The standard InChI is InChI=1S/C27H26N5O4S/c1-19-6-9-21(10-7-19)37(33,34)30-26-27(29-23-5-3-2-4-22(23)28-26)32-14-12-31(13-15-32)17-20-8-11-24-25(16-20)36-18-35-24/h2-11,16H,12-15,17-18H2,1H3/q-1/p+1. The predicted molar refractivity (Wildman–Crippen MR) is 140 cm³/mol. The van der Waals surface area contributed by atoms with E-state index < -0.39 is 10.0 Å². The van der Waals surface area contributed by atoms with E-state index in [2.05, 4.69) is 20.7 Å². The molecule has 10 heteroatoms. The summed E-state index contributed by atoms with van der Waals surface area (Å²) >= 11 is 0. The summed E-state index contributed by atoms with van der Waals surface area (Å²) in [6.45, 7) is 6.20. The molecule has 4 aromatic rings. The number of benzene rings is 3. The van der Waals surface area contributed by atoms with Crippen LogP contribution in [0.1, 0.15) is 11.1 Å². The van der Waals surface area contributed by atoms with Gasteiger partial charge in [0.05, 0.1) is 36.6 Å². The monoisotopic (exact) mass is 517 g/mol. The van der Waals surface area contributed by atoms with E-state index in [4.69, 9.17) is 14.5 Å². The Labute approximate surface area is 215 Å². The minimum atomic E-state index is -3.95. The van der Waals surface area contributed by atoms with Crippen molar-refractivity contribution in [2.75, 3.05) is 37.9 Å². The van der Waals surface area contributed by atoms with Crippen LogP contribution in [-0.4, -0.2) is 51.4 Å². The molecule has 0 saturated carbocycles. The number of aryl methyl sites for hydroxylation is 1. The zero-order chi connectivity index (χ0) is 25.4. The van der Waals surface area contributed by atoms with E-state index in [1.807, 2.05) is 43.3 Å². The fraction of sp³-hybridized carbons (Fsp3) is 0.259. The van der Waals surface area contributed by atoms with Gasteiger partial charge in [0.1, 0.15) is 12.4 Å². The fourth-order valence-electron chi connectivity index (χ4n) is 4.68. The van der Waals surface area contributed by atoms with Crippen LogP contribution in [0.5, 0.6) is 11.5 Å². The maximum atomic E-state index is 13.1. The maximum absolute atomic E-state index is 13.1. The first-order valence-corrected chi connectivity index (χ1v) is 13.7. The van der Waals surface area contributed by atoms with Crippen molar-refractivity contribution >= 4 is 32.7 Å². The van der Waals surface area contributed by atoms with Gasteiger partial charge in [0.2, 0.25) is 16.8 Å². The first-order valence-electron chi connectivity index (χ1n) is 12.2. The lowest BCUT2D eigenvalue weighted by atomic mass is 10.1. The van der Waals surface area contributed by atoms with Crippen LogP contribution in [0.25, 0.3) is 15.8 Å². The number of fused-ring (bicyclic) bond motifs is 2. The Morgan fingerprint density at radius 1 is 0.919 bits per heavy atom. The SMILES string of the molecule is Cc1ccc(S(=O)(=O)[N-]c2nc3ccccc3nc2N2CC[NH+](Cc3ccc4c(c3)OCO4)CC2)cc1. The Hall–Kier alpha value is -3.89. The molecule has 3 aromatic carbocycles. The summed E-state index contributed by atoms with van der Waals surface area (Å²) in [5.74, 6) is 2.20. The second-order valence-electron chi connectivity index (χ2n) is 9.34. The average Bonchev–Trinajstić information content (AvgIpc) is 3.37. The Kier molecular flexibility index (Phi) is 6.05. The number of quaternary nitrogens is 1. The topological polar surface area (TPSA) is 100 Å². The maximum Gasteiger partial charge on any atom is 0.231 e. The van der Waals surface area contributed by atoms with E-state index in [0.29, 0.717) is 29.9 Å². The molecule has 1 saturated heterocycles. The first kappa shape index (κ1) is 23.5. The van der Waals surface area contributed by atoms with Crippen LogP contribution in [-0.2, 0) is 16.6 Å². The number of para-hydroxylation sites is 2. The molecule has 0 radical (unpaired) electrons. The molecule has 0 atom stereocenters. The van der Waals surface area contributed by atoms with Gasteiger partial charge < -0.3 is 29.0 Å². The Morgan fingerprint density at radius 3 is 2.38 bits per heavy atom.